The van der Waals surface area contributed by atoms with Crippen molar-refractivity contribution in [3.63, 3.8) is 0 Å². The minimum Gasteiger partial charge on any atom is -0.457 e. The second kappa shape index (κ2) is 13.5. The Kier molecular flexibility index (Phi) is 12.0. The van der Waals surface area contributed by atoms with Crippen molar-refractivity contribution >= 4 is 40.4 Å². The van der Waals surface area contributed by atoms with Crippen molar-refractivity contribution in [3.05, 3.63) is 57.9 Å². The predicted octanol–water partition coefficient (Wildman–Crippen LogP) is 8.11. The quantitative estimate of drug-likeness (QED) is 0.128. The molecule has 0 spiro atoms. The molecule has 0 amide bonds. The van der Waals surface area contributed by atoms with E-state index >= 15 is 0 Å². The molecule has 0 radical (unpaired) electrons. The zero-order valence-electron chi connectivity index (χ0n) is 21.3. The van der Waals surface area contributed by atoms with Gasteiger partial charge in [-0.1, -0.05) is 62.0 Å². The number of esters is 1. The van der Waals surface area contributed by atoms with Gasteiger partial charge in [0.25, 0.3) is 0 Å². The first kappa shape index (κ1) is 32.0. The number of ketones is 1. The van der Waals surface area contributed by atoms with Crippen LogP contribution in [0, 0.1) is 11.2 Å². The largest absolute Gasteiger partial charge is 0.457 e. The molecule has 2 rings (SSSR count). The van der Waals surface area contributed by atoms with E-state index in [9.17, 15) is 27.2 Å². The monoisotopic (exact) mass is 548 g/mol. The molecule has 0 aliphatic heterocycles. The van der Waals surface area contributed by atoms with Gasteiger partial charge in [0.1, 0.15) is 17.7 Å². The van der Waals surface area contributed by atoms with Crippen LogP contribution >= 0.6 is 23.8 Å². The van der Waals surface area contributed by atoms with Crippen molar-refractivity contribution in [1.82, 2.24) is 0 Å². The van der Waals surface area contributed by atoms with Gasteiger partial charge in [-0.25, -0.2) is 4.39 Å². The molecular formula is C27H33ClF4O3S. The van der Waals surface area contributed by atoms with E-state index in [-0.39, 0.29) is 29.3 Å². The van der Waals surface area contributed by atoms with E-state index < -0.39 is 23.0 Å². The van der Waals surface area contributed by atoms with Crippen molar-refractivity contribution in [2.24, 2.45) is 5.41 Å². The maximum absolute atomic E-state index is 14.1. The summed E-state index contributed by atoms with van der Waals surface area (Å²) in [5.74, 6) is -0.810. The first-order valence-electron chi connectivity index (χ1n) is 11.7. The van der Waals surface area contributed by atoms with E-state index in [1.165, 1.54) is 13.0 Å². The average Bonchev–Trinajstić information content (AvgIpc) is 3.55. The molecule has 1 saturated carbocycles. The van der Waals surface area contributed by atoms with Gasteiger partial charge >= 0.3 is 12.1 Å². The molecule has 36 heavy (non-hydrogen) atoms. The summed E-state index contributed by atoms with van der Waals surface area (Å²) in [4.78, 5) is 25.0. The number of carbonyl (C=O) groups excluding carboxylic acids is 2. The Morgan fingerprint density at radius 2 is 1.78 bits per heavy atom. The number of hydrogen-bond donors (Lipinski definition) is 0. The Hall–Kier alpha value is -2.06. The topological polar surface area (TPSA) is 43.4 Å². The summed E-state index contributed by atoms with van der Waals surface area (Å²) in [5, 5.41) is 0.271. The molecule has 1 fully saturated rings. The zero-order valence-corrected chi connectivity index (χ0v) is 22.9. The highest BCUT2D eigenvalue weighted by Gasteiger charge is 2.52. The third-order valence-electron chi connectivity index (χ3n) is 5.80. The van der Waals surface area contributed by atoms with Gasteiger partial charge in [-0.2, -0.15) is 13.2 Å². The SMILES string of the molecule is C=C(C)/C=C(\C)C(F)(F)F.CCC(=O)Cc1cc(CC2(C(=O)OC(CC)C(C)=S)CC2)c(Cl)cc1F. The number of halogens is 5. The number of benzene rings is 1. The minimum absolute atomic E-state index is 0.0337. The molecular weight excluding hydrogens is 516 g/mol. The van der Waals surface area contributed by atoms with Gasteiger partial charge in [0, 0.05) is 28.3 Å². The molecule has 1 aliphatic rings. The van der Waals surface area contributed by atoms with Crippen LogP contribution in [0.2, 0.25) is 5.02 Å². The maximum atomic E-state index is 14.1. The molecule has 1 aliphatic carbocycles. The number of ether oxygens (including phenoxy) is 1. The lowest BCUT2D eigenvalue weighted by Gasteiger charge is -2.21. The van der Waals surface area contributed by atoms with Crippen molar-refractivity contribution in [2.45, 2.75) is 85.4 Å². The van der Waals surface area contributed by atoms with Crippen LogP contribution in [0.4, 0.5) is 17.6 Å². The van der Waals surface area contributed by atoms with Crippen LogP contribution in [-0.4, -0.2) is 28.9 Å². The average molecular weight is 549 g/mol. The summed E-state index contributed by atoms with van der Waals surface area (Å²) in [6.07, 6.45) is -0.751. The summed E-state index contributed by atoms with van der Waals surface area (Å²) in [5.41, 5.74) is 0.177. The van der Waals surface area contributed by atoms with Crippen LogP contribution in [-0.2, 0) is 27.2 Å². The molecule has 1 aromatic carbocycles. The van der Waals surface area contributed by atoms with E-state index in [1.807, 2.05) is 6.92 Å². The van der Waals surface area contributed by atoms with Crippen LogP contribution < -0.4 is 0 Å². The summed E-state index contributed by atoms with van der Waals surface area (Å²) >= 11 is 11.3. The Morgan fingerprint density at radius 3 is 2.17 bits per heavy atom. The molecule has 1 atom stereocenters. The highest BCUT2D eigenvalue weighted by Crippen LogP contribution is 2.50. The lowest BCUT2D eigenvalue weighted by Crippen LogP contribution is -2.30. The molecule has 0 heterocycles. The molecule has 1 unspecified atom stereocenters. The number of allylic oxidation sites excluding steroid dienone is 3. The van der Waals surface area contributed by atoms with Crippen LogP contribution in [0.5, 0.6) is 0 Å². The minimum atomic E-state index is -4.21. The highest BCUT2D eigenvalue weighted by atomic mass is 35.5. The molecule has 0 N–H and O–H groups in total. The predicted molar refractivity (Wildman–Crippen MR) is 139 cm³/mol. The van der Waals surface area contributed by atoms with Crippen LogP contribution in [0.25, 0.3) is 0 Å². The summed E-state index contributed by atoms with van der Waals surface area (Å²) in [6, 6.07) is 2.84. The van der Waals surface area contributed by atoms with E-state index in [0.717, 1.165) is 13.0 Å². The number of hydrogen-bond acceptors (Lipinski definition) is 4. The van der Waals surface area contributed by atoms with Crippen molar-refractivity contribution in [2.75, 3.05) is 0 Å². The van der Waals surface area contributed by atoms with Crippen molar-refractivity contribution in [3.8, 4) is 0 Å². The van der Waals surface area contributed by atoms with Crippen molar-refractivity contribution < 1.29 is 31.9 Å². The molecule has 0 aromatic heterocycles. The number of alkyl halides is 3. The van der Waals surface area contributed by atoms with Crippen LogP contribution in [0.1, 0.15) is 71.4 Å². The third kappa shape index (κ3) is 9.77. The van der Waals surface area contributed by atoms with Gasteiger partial charge in [0.2, 0.25) is 0 Å². The second-order valence-electron chi connectivity index (χ2n) is 9.15. The normalized spacial score (nSPS) is 15.3. The summed E-state index contributed by atoms with van der Waals surface area (Å²) in [7, 11) is 0. The number of rotatable bonds is 10. The molecule has 0 saturated heterocycles. The first-order chi connectivity index (χ1) is 16.6. The third-order valence-corrected chi connectivity index (χ3v) is 6.41. The second-order valence-corrected chi connectivity index (χ2v) is 10.2. The van der Waals surface area contributed by atoms with Crippen LogP contribution in [0.15, 0.2) is 35.9 Å². The Morgan fingerprint density at radius 1 is 1.19 bits per heavy atom. The first-order valence-corrected chi connectivity index (χ1v) is 12.5. The summed E-state index contributed by atoms with van der Waals surface area (Å²) in [6.45, 7) is 11.3. The fourth-order valence-corrected chi connectivity index (χ4v) is 3.81. The highest BCUT2D eigenvalue weighted by molar-refractivity contribution is 7.80. The van der Waals surface area contributed by atoms with Gasteiger partial charge in [0.15, 0.2) is 0 Å². The summed E-state index contributed by atoms with van der Waals surface area (Å²) < 4.78 is 54.8. The van der Waals surface area contributed by atoms with Gasteiger partial charge in [-0.15, -0.1) is 0 Å². The standard InChI is InChI=1S/C20H24ClFO3S.C7H9F3/c1-4-15(23)9-13-8-14(16(21)10-17(13)22)11-20(6-7-20)19(24)25-18(5-2)12(3)26;1-5(2)4-6(3)7(8,9)10/h8,10,18H,4-7,9,11H2,1-3H3;4H,1H2,2-3H3/b;6-4+. The lowest BCUT2D eigenvalue weighted by atomic mass is 9.94. The van der Waals surface area contributed by atoms with Gasteiger partial charge in [-0.3, -0.25) is 9.59 Å². The fraction of sp³-hybridized carbons (Fsp3) is 0.519. The van der Waals surface area contributed by atoms with Crippen LogP contribution in [0.3, 0.4) is 0 Å². The van der Waals surface area contributed by atoms with Gasteiger partial charge in [0.05, 0.1) is 5.41 Å². The molecule has 9 heteroatoms. The lowest BCUT2D eigenvalue weighted by molar-refractivity contribution is -0.152. The zero-order chi connectivity index (χ0) is 27.8. The fourth-order valence-electron chi connectivity index (χ4n) is 3.38. The van der Waals surface area contributed by atoms with Gasteiger partial charge in [-0.05, 0) is 63.6 Å². The van der Waals surface area contributed by atoms with Crippen molar-refractivity contribution in [1.29, 1.82) is 0 Å². The number of Topliss-reactive ketones (excluding diaryl/α,β-unsaturated/α-hetero) is 1. The maximum Gasteiger partial charge on any atom is 0.412 e. The number of carbonyl (C=O) groups is 2. The molecule has 0 bridgehead atoms. The Balaban J connectivity index is 0.000000548. The van der Waals surface area contributed by atoms with E-state index in [1.54, 1.807) is 19.9 Å². The Labute approximate surface area is 220 Å². The van der Waals surface area contributed by atoms with E-state index in [4.69, 9.17) is 28.6 Å². The Bertz CT molecular complexity index is 1030. The molecule has 200 valence electrons. The molecule has 1 aromatic rings. The van der Waals surface area contributed by atoms with E-state index in [2.05, 4.69) is 6.58 Å². The smallest absolute Gasteiger partial charge is 0.412 e. The number of thiocarbonyl (C=S) groups is 1. The van der Waals surface area contributed by atoms with E-state index in [0.29, 0.717) is 53.7 Å². The van der Waals surface area contributed by atoms with Gasteiger partial charge < -0.3 is 4.74 Å². The molecule has 3 nitrogen and oxygen atoms in total.